The van der Waals surface area contributed by atoms with Crippen molar-refractivity contribution in [3.63, 3.8) is 0 Å². The van der Waals surface area contributed by atoms with Crippen molar-refractivity contribution in [1.29, 1.82) is 0 Å². The van der Waals surface area contributed by atoms with Gasteiger partial charge in [0, 0.05) is 13.1 Å². The zero-order valence-corrected chi connectivity index (χ0v) is 10.4. The lowest BCUT2D eigenvalue weighted by Crippen LogP contribution is -2.36. The topological polar surface area (TPSA) is 52.0 Å². The van der Waals surface area contributed by atoms with Gasteiger partial charge in [-0.3, -0.25) is 0 Å². The minimum atomic E-state index is 0.581. The molecule has 18 heavy (non-hydrogen) atoms. The summed E-state index contributed by atoms with van der Waals surface area (Å²) in [6, 6.07) is 8.44. The van der Waals surface area contributed by atoms with Crippen molar-refractivity contribution in [2.45, 2.75) is 25.9 Å². The number of hydrogen-bond donors (Lipinski definition) is 2. The van der Waals surface area contributed by atoms with Crippen molar-refractivity contribution in [2.24, 2.45) is 11.5 Å². The molecule has 2 aromatic carbocycles. The zero-order valence-electron chi connectivity index (χ0n) is 10.4. The van der Waals surface area contributed by atoms with Crippen LogP contribution in [0.4, 0.5) is 0 Å². The Labute approximate surface area is 107 Å². The van der Waals surface area contributed by atoms with Crippen molar-refractivity contribution < 1.29 is 0 Å². The van der Waals surface area contributed by atoms with Gasteiger partial charge in [0.15, 0.2) is 0 Å². The highest BCUT2D eigenvalue weighted by molar-refractivity contribution is 5.89. The molecule has 1 aliphatic rings. The van der Waals surface area contributed by atoms with E-state index >= 15 is 0 Å². The van der Waals surface area contributed by atoms with Crippen molar-refractivity contribution in [2.75, 3.05) is 0 Å². The van der Waals surface area contributed by atoms with E-state index in [4.69, 9.17) is 11.5 Å². The van der Waals surface area contributed by atoms with Gasteiger partial charge in [-0.2, -0.15) is 0 Å². The third-order valence-electron chi connectivity index (χ3n) is 3.79. The maximum atomic E-state index is 5.97. The predicted molar refractivity (Wildman–Crippen MR) is 77.1 cm³/mol. The van der Waals surface area contributed by atoms with Gasteiger partial charge in [0.2, 0.25) is 0 Å². The quantitative estimate of drug-likeness (QED) is 0.823. The molecule has 0 spiro atoms. The fourth-order valence-electron chi connectivity index (χ4n) is 2.99. The maximum Gasteiger partial charge on any atom is 0.0190 e. The van der Waals surface area contributed by atoms with E-state index in [2.05, 4.69) is 36.4 Å². The summed E-state index contributed by atoms with van der Waals surface area (Å²) >= 11 is 0. The highest BCUT2D eigenvalue weighted by atomic mass is 14.5. The fourth-order valence-corrected chi connectivity index (χ4v) is 2.99. The summed E-state index contributed by atoms with van der Waals surface area (Å²) < 4.78 is 0. The van der Waals surface area contributed by atoms with Crippen LogP contribution in [0.1, 0.15) is 24.0 Å². The SMILES string of the molecule is NCc1c2c(c(CN)c3ccccc13)=CCCC=2. The van der Waals surface area contributed by atoms with Crippen LogP contribution in [0.3, 0.4) is 0 Å². The molecule has 0 atom stereocenters. The summed E-state index contributed by atoms with van der Waals surface area (Å²) in [6.07, 6.45) is 6.82. The molecular formula is C16H18N2. The summed E-state index contributed by atoms with van der Waals surface area (Å²) in [7, 11) is 0. The van der Waals surface area contributed by atoms with Crippen LogP contribution in [0.15, 0.2) is 24.3 Å². The second-order valence-electron chi connectivity index (χ2n) is 4.72. The Bertz CT molecular complexity index is 651. The van der Waals surface area contributed by atoms with E-state index in [0.717, 1.165) is 12.8 Å². The molecule has 3 rings (SSSR count). The second-order valence-corrected chi connectivity index (χ2v) is 4.72. The van der Waals surface area contributed by atoms with Crippen molar-refractivity contribution in [3.05, 3.63) is 45.8 Å². The predicted octanol–water partition coefficient (Wildman–Crippen LogP) is 1.11. The third kappa shape index (κ3) is 1.57. The molecule has 2 aromatic rings. The van der Waals surface area contributed by atoms with Gasteiger partial charge in [0.25, 0.3) is 0 Å². The summed E-state index contributed by atoms with van der Waals surface area (Å²) in [4.78, 5) is 0. The van der Waals surface area contributed by atoms with Crippen molar-refractivity contribution in [3.8, 4) is 0 Å². The molecule has 92 valence electrons. The van der Waals surface area contributed by atoms with Crippen molar-refractivity contribution in [1.82, 2.24) is 0 Å². The van der Waals surface area contributed by atoms with Crippen LogP contribution in [0.5, 0.6) is 0 Å². The Morgan fingerprint density at radius 3 is 1.61 bits per heavy atom. The van der Waals surface area contributed by atoms with E-state index in [9.17, 15) is 0 Å². The van der Waals surface area contributed by atoms with Crippen LogP contribution in [-0.2, 0) is 13.1 Å². The van der Waals surface area contributed by atoms with E-state index in [-0.39, 0.29) is 0 Å². The first-order chi connectivity index (χ1) is 8.86. The summed E-state index contributed by atoms with van der Waals surface area (Å²) in [5.74, 6) is 0. The molecule has 0 heterocycles. The van der Waals surface area contributed by atoms with Crippen LogP contribution in [0.25, 0.3) is 22.9 Å². The van der Waals surface area contributed by atoms with Gasteiger partial charge in [-0.1, -0.05) is 36.4 Å². The molecule has 0 amide bonds. The third-order valence-corrected chi connectivity index (χ3v) is 3.79. The second kappa shape index (κ2) is 4.56. The number of hydrogen-bond acceptors (Lipinski definition) is 2. The average molecular weight is 238 g/mol. The van der Waals surface area contributed by atoms with E-state index in [1.165, 1.54) is 32.3 Å². The minimum absolute atomic E-state index is 0.581. The molecule has 0 radical (unpaired) electrons. The summed E-state index contributed by atoms with van der Waals surface area (Å²) in [6.45, 7) is 1.16. The lowest BCUT2D eigenvalue weighted by molar-refractivity contribution is 1.01. The maximum absolute atomic E-state index is 5.97. The molecule has 1 aliphatic carbocycles. The lowest BCUT2D eigenvalue weighted by Gasteiger charge is -2.14. The molecule has 0 fully saturated rings. The van der Waals surface area contributed by atoms with Gasteiger partial charge in [-0.15, -0.1) is 0 Å². The van der Waals surface area contributed by atoms with Gasteiger partial charge in [-0.25, -0.2) is 0 Å². The Kier molecular flexibility index (Phi) is 2.90. The number of benzene rings is 2. The molecule has 0 aliphatic heterocycles. The average Bonchev–Trinajstić information content (AvgIpc) is 2.44. The molecule has 0 saturated heterocycles. The lowest BCUT2D eigenvalue weighted by atomic mass is 9.92. The van der Waals surface area contributed by atoms with E-state index in [0.29, 0.717) is 13.1 Å². The Balaban J connectivity index is 2.60. The van der Waals surface area contributed by atoms with Crippen molar-refractivity contribution >= 4 is 22.9 Å². The Morgan fingerprint density at radius 2 is 1.22 bits per heavy atom. The number of fused-ring (bicyclic) bond motifs is 2. The van der Waals surface area contributed by atoms with Crippen LogP contribution >= 0.6 is 0 Å². The normalized spacial score (nSPS) is 13.9. The van der Waals surface area contributed by atoms with Gasteiger partial charge in [0.05, 0.1) is 0 Å². The van der Waals surface area contributed by atoms with E-state index < -0.39 is 0 Å². The van der Waals surface area contributed by atoms with Crippen LogP contribution in [-0.4, -0.2) is 0 Å². The van der Waals surface area contributed by atoms with Crippen LogP contribution < -0.4 is 21.9 Å². The molecule has 4 N–H and O–H groups in total. The van der Waals surface area contributed by atoms with Gasteiger partial charge in [-0.05, 0) is 45.2 Å². The highest BCUT2D eigenvalue weighted by Gasteiger charge is 2.10. The molecule has 0 aromatic heterocycles. The van der Waals surface area contributed by atoms with Crippen LogP contribution in [0.2, 0.25) is 0 Å². The largest absolute Gasteiger partial charge is 0.326 e. The monoisotopic (exact) mass is 238 g/mol. The molecule has 2 nitrogen and oxygen atoms in total. The first-order valence-corrected chi connectivity index (χ1v) is 6.49. The highest BCUT2D eigenvalue weighted by Crippen LogP contribution is 2.18. The minimum Gasteiger partial charge on any atom is -0.326 e. The smallest absolute Gasteiger partial charge is 0.0190 e. The molecule has 0 bridgehead atoms. The summed E-state index contributed by atoms with van der Waals surface area (Å²) in [5.41, 5.74) is 14.4. The number of nitrogens with two attached hydrogens (primary N) is 2. The molecule has 2 heteroatoms. The fraction of sp³-hybridized carbons (Fsp3) is 0.250. The Hall–Kier alpha value is -1.64. The van der Waals surface area contributed by atoms with Crippen LogP contribution in [0, 0.1) is 0 Å². The van der Waals surface area contributed by atoms with E-state index in [1.54, 1.807) is 0 Å². The molecule has 0 unspecified atom stereocenters. The summed E-state index contributed by atoms with van der Waals surface area (Å²) in [5, 5.41) is 5.13. The van der Waals surface area contributed by atoms with Gasteiger partial charge in [0.1, 0.15) is 0 Å². The van der Waals surface area contributed by atoms with Gasteiger partial charge < -0.3 is 11.5 Å². The molecular weight excluding hydrogens is 220 g/mol. The number of rotatable bonds is 2. The molecule has 0 saturated carbocycles. The van der Waals surface area contributed by atoms with Gasteiger partial charge >= 0.3 is 0 Å². The standard InChI is InChI=1S/C16H18N2/c17-9-15-11-5-1-2-6-12(11)16(10-18)14-8-4-3-7-13(14)15/h1-2,5-8H,3-4,9-10,17-18H2. The zero-order chi connectivity index (χ0) is 12.5. The first-order valence-electron chi connectivity index (χ1n) is 6.49. The Morgan fingerprint density at radius 1 is 0.778 bits per heavy atom. The van der Waals surface area contributed by atoms with E-state index in [1.807, 2.05) is 0 Å². The first kappa shape index (κ1) is 11.5.